The third-order valence-electron chi connectivity index (χ3n) is 2.38. The van der Waals surface area contributed by atoms with E-state index in [1.54, 1.807) is 13.8 Å². The molecular weight excluding hydrogens is 228 g/mol. The number of rotatable bonds is 6. The Labute approximate surface area is 99.9 Å². The molecule has 1 aromatic rings. The summed E-state index contributed by atoms with van der Waals surface area (Å²) in [6.07, 6.45) is 2.62. The van der Waals surface area contributed by atoms with Crippen LogP contribution in [0.4, 0.5) is 8.78 Å². The number of imidazole rings is 1. The van der Waals surface area contributed by atoms with Gasteiger partial charge in [-0.3, -0.25) is 9.47 Å². The quantitative estimate of drug-likeness (QED) is 0.834. The molecule has 0 saturated carbocycles. The fraction of sp³-hybridized carbons (Fsp3) is 0.727. The number of halogens is 2. The Morgan fingerprint density at radius 3 is 2.65 bits per heavy atom. The van der Waals surface area contributed by atoms with Crippen molar-refractivity contribution in [1.82, 2.24) is 14.5 Å². The zero-order chi connectivity index (χ0) is 13.1. The number of nitrogens with zero attached hydrogens (tertiary/aromatic N) is 3. The maximum absolute atomic E-state index is 12.6. The van der Waals surface area contributed by atoms with E-state index in [2.05, 4.69) is 4.98 Å². The SMILES string of the molecule is CCN(Cc1nccn1C(F)F)CC(C)(C)O. The Hall–Kier alpha value is -1.01. The maximum atomic E-state index is 12.6. The van der Waals surface area contributed by atoms with Gasteiger partial charge >= 0.3 is 6.55 Å². The second-order valence-electron chi connectivity index (χ2n) is 4.64. The Balaban J connectivity index is 2.71. The van der Waals surface area contributed by atoms with Crippen molar-refractivity contribution < 1.29 is 13.9 Å². The van der Waals surface area contributed by atoms with Crippen LogP contribution in [0.5, 0.6) is 0 Å². The molecule has 0 spiro atoms. The van der Waals surface area contributed by atoms with Crippen molar-refractivity contribution in [1.29, 1.82) is 0 Å². The van der Waals surface area contributed by atoms with Gasteiger partial charge in [-0.25, -0.2) is 4.98 Å². The second kappa shape index (κ2) is 5.55. The van der Waals surface area contributed by atoms with Crippen LogP contribution in [0.25, 0.3) is 0 Å². The van der Waals surface area contributed by atoms with Crippen LogP contribution in [0.3, 0.4) is 0 Å². The normalized spacial score (nSPS) is 12.7. The predicted molar refractivity (Wildman–Crippen MR) is 60.7 cm³/mol. The van der Waals surface area contributed by atoms with E-state index in [4.69, 9.17) is 0 Å². The third kappa shape index (κ3) is 4.40. The molecule has 0 amide bonds. The topological polar surface area (TPSA) is 41.3 Å². The lowest BCUT2D eigenvalue weighted by atomic mass is 10.1. The summed E-state index contributed by atoms with van der Waals surface area (Å²) >= 11 is 0. The number of aliphatic hydroxyl groups is 1. The van der Waals surface area contributed by atoms with Crippen molar-refractivity contribution in [3.63, 3.8) is 0 Å². The number of hydrogen-bond donors (Lipinski definition) is 1. The van der Waals surface area contributed by atoms with Crippen LogP contribution in [-0.4, -0.2) is 38.2 Å². The molecule has 1 heterocycles. The minimum atomic E-state index is -2.58. The van der Waals surface area contributed by atoms with Gasteiger partial charge < -0.3 is 5.11 Å². The van der Waals surface area contributed by atoms with Gasteiger partial charge in [-0.1, -0.05) is 6.92 Å². The summed E-state index contributed by atoms with van der Waals surface area (Å²) in [5.41, 5.74) is -0.849. The highest BCUT2D eigenvalue weighted by molar-refractivity contribution is 4.93. The number of likely N-dealkylation sites (N-methyl/N-ethyl adjacent to an activating group) is 1. The Kier molecular flexibility index (Phi) is 4.59. The molecule has 0 aromatic carbocycles. The highest BCUT2D eigenvalue weighted by Gasteiger charge is 2.20. The number of aromatic nitrogens is 2. The van der Waals surface area contributed by atoms with Gasteiger partial charge in [0.25, 0.3) is 0 Å². The fourth-order valence-electron chi connectivity index (χ4n) is 1.67. The van der Waals surface area contributed by atoms with Crippen molar-refractivity contribution in [2.75, 3.05) is 13.1 Å². The van der Waals surface area contributed by atoms with Crippen LogP contribution in [0, 0.1) is 0 Å². The van der Waals surface area contributed by atoms with Crippen LogP contribution in [0.2, 0.25) is 0 Å². The molecule has 17 heavy (non-hydrogen) atoms. The van der Waals surface area contributed by atoms with E-state index in [1.165, 1.54) is 12.4 Å². The molecule has 0 aliphatic rings. The summed E-state index contributed by atoms with van der Waals surface area (Å²) in [7, 11) is 0. The fourth-order valence-corrected chi connectivity index (χ4v) is 1.67. The molecule has 0 radical (unpaired) electrons. The summed E-state index contributed by atoms with van der Waals surface area (Å²) in [6, 6.07) is 0. The van der Waals surface area contributed by atoms with Gasteiger partial charge in [0, 0.05) is 18.9 Å². The predicted octanol–water partition coefficient (Wildman–Crippen LogP) is 1.87. The number of hydrogen-bond acceptors (Lipinski definition) is 3. The van der Waals surface area contributed by atoms with E-state index < -0.39 is 12.2 Å². The first kappa shape index (κ1) is 14.1. The van der Waals surface area contributed by atoms with E-state index in [-0.39, 0.29) is 0 Å². The van der Waals surface area contributed by atoms with Crippen molar-refractivity contribution in [3.05, 3.63) is 18.2 Å². The van der Waals surface area contributed by atoms with Crippen LogP contribution < -0.4 is 0 Å². The molecule has 0 fully saturated rings. The van der Waals surface area contributed by atoms with Crippen LogP contribution in [-0.2, 0) is 6.54 Å². The summed E-state index contributed by atoms with van der Waals surface area (Å²) in [5, 5.41) is 9.71. The molecule has 0 saturated heterocycles. The summed E-state index contributed by atoms with van der Waals surface area (Å²) < 4.78 is 26.1. The van der Waals surface area contributed by atoms with Gasteiger partial charge in [0.05, 0.1) is 12.1 Å². The first-order valence-electron chi connectivity index (χ1n) is 5.58. The summed E-state index contributed by atoms with van der Waals surface area (Å²) in [5.74, 6) is 0.311. The summed E-state index contributed by atoms with van der Waals surface area (Å²) in [6.45, 7) is 4.11. The van der Waals surface area contributed by atoms with Gasteiger partial charge in [-0.2, -0.15) is 8.78 Å². The van der Waals surface area contributed by atoms with E-state index in [0.717, 1.165) is 4.57 Å². The zero-order valence-corrected chi connectivity index (χ0v) is 10.4. The molecule has 0 unspecified atom stereocenters. The molecule has 0 atom stereocenters. The van der Waals surface area contributed by atoms with Gasteiger partial charge in [0.2, 0.25) is 0 Å². The van der Waals surface area contributed by atoms with Gasteiger partial charge in [0.1, 0.15) is 5.82 Å². The van der Waals surface area contributed by atoms with Crippen molar-refractivity contribution in [2.24, 2.45) is 0 Å². The van der Waals surface area contributed by atoms with Crippen molar-refractivity contribution in [3.8, 4) is 0 Å². The van der Waals surface area contributed by atoms with Gasteiger partial charge in [0.15, 0.2) is 0 Å². The Morgan fingerprint density at radius 2 is 2.18 bits per heavy atom. The third-order valence-corrected chi connectivity index (χ3v) is 2.38. The Morgan fingerprint density at radius 1 is 1.53 bits per heavy atom. The molecule has 1 rings (SSSR count). The first-order valence-corrected chi connectivity index (χ1v) is 5.58. The molecule has 1 aromatic heterocycles. The largest absolute Gasteiger partial charge is 0.389 e. The molecule has 0 aliphatic carbocycles. The zero-order valence-electron chi connectivity index (χ0n) is 10.4. The smallest absolute Gasteiger partial charge is 0.319 e. The maximum Gasteiger partial charge on any atom is 0.319 e. The molecule has 0 bridgehead atoms. The highest BCUT2D eigenvalue weighted by Crippen LogP contribution is 2.15. The lowest BCUT2D eigenvalue weighted by Crippen LogP contribution is -2.38. The lowest BCUT2D eigenvalue weighted by molar-refractivity contribution is 0.0301. The van der Waals surface area contributed by atoms with E-state index in [1.807, 2.05) is 11.8 Å². The minimum absolute atomic E-state index is 0.303. The standard InChI is InChI=1S/C11H19F2N3O/c1-4-15(8-11(2,3)17)7-9-14-5-6-16(9)10(12)13/h5-6,10,17H,4,7-8H2,1-3H3. The highest BCUT2D eigenvalue weighted by atomic mass is 19.3. The average molecular weight is 247 g/mol. The average Bonchev–Trinajstić information content (AvgIpc) is 2.62. The van der Waals surface area contributed by atoms with E-state index in [9.17, 15) is 13.9 Å². The molecule has 6 heteroatoms. The molecular formula is C11H19F2N3O. The van der Waals surface area contributed by atoms with Crippen molar-refractivity contribution >= 4 is 0 Å². The van der Waals surface area contributed by atoms with Gasteiger partial charge in [-0.05, 0) is 20.4 Å². The lowest BCUT2D eigenvalue weighted by Gasteiger charge is -2.27. The molecule has 4 nitrogen and oxygen atoms in total. The minimum Gasteiger partial charge on any atom is -0.389 e. The van der Waals surface area contributed by atoms with Crippen LogP contribution in [0.1, 0.15) is 33.1 Å². The monoisotopic (exact) mass is 247 g/mol. The van der Waals surface area contributed by atoms with E-state index >= 15 is 0 Å². The van der Waals surface area contributed by atoms with Crippen molar-refractivity contribution in [2.45, 2.75) is 39.5 Å². The van der Waals surface area contributed by atoms with Crippen LogP contribution in [0.15, 0.2) is 12.4 Å². The molecule has 1 N–H and O–H groups in total. The number of alkyl halides is 2. The van der Waals surface area contributed by atoms with Gasteiger partial charge in [-0.15, -0.1) is 0 Å². The van der Waals surface area contributed by atoms with E-state index in [0.29, 0.717) is 25.5 Å². The Bertz CT molecular complexity index is 347. The first-order chi connectivity index (χ1) is 7.83. The molecule has 98 valence electrons. The van der Waals surface area contributed by atoms with Crippen LogP contribution >= 0.6 is 0 Å². The molecule has 0 aliphatic heterocycles. The second-order valence-corrected chi connectivity index (χ2v) is 4.64. The summed E-state index contributed by atoms with van der Waals surface area (Å²) in [4.78, 5) is 5.79.